The number of aliphatic hydroxyl groups is 1. The summed E-state index contributed by atoms with van der Waals surface area (Å²) < 4.78 is 16.0. The van der Waals surface area contributed by atoms with Gasteiger partial charge < -0.3 is 19.3 Å². The zero-order valence-corrected chi connectivity index (χ0v) is 14.1. The first-order chi connectivity index (χ1) is 12.2. The molecule has 0 radical (unpaired) electrons. The minimum absolute atomic E-state index is 0.0777. The molecule has 130 valence electrons. The summed E-state index contributed by atoms with van der Waals surface area (Å²) in [6, 6.07) is 12.8. The third-order valence-corrected chi connectivity index (χ3v) is 3.31. The van der Waals surface area contributed by atoms with Crippen LogP contribution in [0.15, 0.2) is 54.6 Å². The van der Waals surface area contributed by atoms with E-state index in [1.54, 1.807) is 30.4 Å². The van der Waals surface area contributed by atoms with E-state index in [0.717, 1.165) is 11.1 Å². The van der Waals surface area contributed by atoms with Gasteiger partial charge >= 0.3 is 5.97 Å². The molecule has 0 aromatic heterocycles. The average Bonchev–Trinajstić information content (AvgIpc) is 2.66. The lowest BCUT2D eigenvalue weighted by molar-refractivity contribution is -0.129. The molecule has 0 spiro atoms. The quantitative estimate of drug-likeness (QED) is 0.476. The van der Waals surface area contributed by atoms with Gasteiger partial charge in [0.1, 0.15) is 0 Å². The van der Waals surface area contributed by atoms with E-state index in [-0.39, 0.29) is 12.4 Å². The van der Waals surface area contributed by atoms with Crippen molar-refractivity contribution in [3.05, 3.63) is 65.7 Å². The topological polar surface area (TPSA) is 65.0 Å². The van der Waals surface area contributed by atoms with Crippen molar-refractivity contribution in [1.29, 1.82) is 0 Å². The minimum atomic E-state index is -0.542. The molecule has 25 heavy (non-hydrogen) atoms. The lowest BCUT2D eigenvalue weighted by Gasteiger charge is -2.13. The highest BCUT2D eigenvalue weighted by atomic mass is 16.6. The van der Waals surface area contributed by atoms with E-state index in [4.69, 9.17) is 19.3 Å². The van der Waals surface area contributed by atoms with Crippen LogP contribution < -0.4 is 14.2 Å². The van der Waals surface area contributed by atoms with Crippen LogP contribution in [0.4, 0.5) is 0 Å². The Morgan fingerprint density at radius 2 is 1.64 bits per heavy atom. The number of benzene rings is 2. The Bertz CT molecular complexity index is 738. The molecule has 2 aromatic carbocycles. The summed E-state index contributed by atoms with van der Waals surface area (Å²) in [6.07, 6.45) is 6.31. The van der Waals surface area contributed by atoms with E-state index in [1.165, 1.54) is 20.3 Å². The van der Waals surface area contributed by atoms with E-state index >= 15 is 0 Å². The molecular weight excluding hydrogens is 320 g/mol. The lowest BCUT2D eigenvalue weighted by Crippen LogP contribution is -2.06. The van der Waals surface area contributed by atoms with E-state index in [0.29, 0.717) is 11.5 Å². The third kappa shape index (κ3) is 5.22. The number of esters is 1. The largest absolute Gasteiger partial charge is 0.493 e. The molecule has 0 saturated heterocycles. The van der Waals surface area contributed by atoms with Crippen LogP contribution in [-0.2, 0) is 4.79 Å². The number of hydrogen-bond acceptors (Lipinski definition) is 5. The van der Waals surface area contributed by atoms with Gasteiger partial charge in [-0.25, -0.2) is 4.79 Å². The highest BCUT2D eigenvalue weighted by molar-refractivity contribution is 5.89. The SMILES string of the molecule is COc1cc(/C=C/CO)cc(OC)c1OC(=O)/C=C/c1ccccc1. The smallest absolute Gasteiger partial charge is 0.336 e. The summed E-state index contributed by atoms with van der Waals surface area (Å²) in [5, 5.41) is 8.88. The highest BCUT2D eigenvalue weighted by Crippen LogP contribution is 2.39. The molecule has 5 heteroatoms. The van der Waals surface area contributed by atoms with E-state index in [2.05, 4.69) is 0 Å². The first-order valence-corrected chi connectivity index (χ1v) is 7.66. The van der Waals surface area contributed by atoms with Crippen LogP contribution in [0, 0.1) is 0 Å². The molecule has 1 N–H and O–H groups in total. The maximum atomic E-state index is 12.1. The fourth-order valence-corrected chi connectivity index (χ4v) is 2.15. The molecule has 0 atom stereocenters. The summed E-state index contributed by atoms with van der Waals surface area (Å²) in [6.45, 7) is -0.0777. The maximum Gasteiger partial charge on any atom is 0.336 e. The second-order valence-corrected chi connectivity index (χ2v) is 5.00. The second kappa shape index (κ2) is 9.30. The highest BCUT2D eigenvalue weighted by Gasteiger charge is 2.16. The number of rotatable bonds is 7. The van der Waals surface area contributed by atoms with Crippen molar-refractivity contribution >= 4 is 18.1 Å². The Hall–Kier alpha value is -3.05. The molecule has 0 amide bonds. The molecule has 0 saturated carbocycles. The number of methoxy groups -OCH3 is 2. The summed E-state index contributed by atoms with van der Waals surface area (Å²) in [7, 11) is 2.96. The third-order valence-electron chi connectivity index (χ3n) is 3.31. The molecule has 0 heterocycles. The maximum absolute atomic E-state index is 12.1. The van der Waals surface area contributed by atoms with Gasteiger partial charge in [-0.3, -0.25) is 0 Å². The molecular formula is C20H20O5. The van der Waals surface area contributed by atoms with Crippen molar-refractivity contribution in [2.45, 2.75) is 0 Å². The number of carbonyl (C=O) groups excluding carboxylic acids is 1. The van der Waals surface area contributed by atoms with Crippen LogP contribution in [-0.4, -0.2) is 31.9 Å². The van der Waals surface area contributed by atoms with Crippen molar-refractivity contribution in [3.8, 4) is 17.2 Å². The van der Waals surface area contributed by atoms with Crippen LogP contribution in [0.25, 0.3) is 12.2 Å². The van der Waals surface area contributed by atoms with Crippen molar-refractivity contribution in [3.63, 3.8) is 0 Å². The summed E-state index contributed by atoms with van der Waals surface area (Å²) in [5.74, 6) is 0.379. The minimum Gasteiger partial charge on any atom is -0.493 e. The molecule has 2 aromatic rings. The van der Waals surface area contributed by atoms with Gasteiger partial charge in [0.25, 0.3) is 0 Å². The van der Waals surface area contributed by atoms with Gasteiger partial charge in [-0.2, -0.15) is 0 Å². The van der Waals surface area contributed by atoms with Gasteiger partial charge in [-0.1, -0.05) is 42.5 Å². The molecule has 0 aliphatic carbocycles. The van der Waals surface area contributed by atoms with E-state index in [1.807, 2.05) is 30.3 Å². The Labute approximate surface area is 146 Å². The predicted octanol–water partition coefficient (Wildman–Crippen LogP) is 3.33. The first kappa shape index (κ1) is 18.3. The Morgan fingerprint density at radius 3 is 2.20 bits per heavy atom. The Kier molecular flexibility index (Phi) is 6.80. The molecule has 2 rings (SSSR count). The zero-order chi connectivity index (χ0) is 18.1. The molecule has 0 unspecified atom stereocenters. The zero-order valence-electron chi connectivity index (χ0n) is 14.1. The van der Waals surface area contributed by atoms with Crippen LogP contribution in [0.1, 0.15) is 11.1 Å². The van der Waals surface area contributed by atoms with Gasteiger partial charge in [-0.05, 0) is 29.3 Å². The van der Waals surface area contributed by atoms with Crippen molar-refractivity contribution < 1.29 is 24.1 Å². The van der Waals surface area contributed by atoms with Crippen molar-refractivity contribution in [1.82, 2.24) is 0 Å². The number of hydrogen-bond donors (Lipinski definition) is 1. The second-order valence-electron chi connectivity index (χ2n) is 5.00. The van der Waals surface area contributed by atoms with E-state index in [9.17, 15) is 4.79 Å². The molecule has 5 nitrogen and oxygen atoms in total. The molecule has 0 fully saturated rings. The lowest BCUT2D eigenvalue weighted by atomic mass is 10.1. The van der Waals surface area contributed by atoms with Crippen molar-refractivity contribution in [2.75, 3.05) is 20.8 Å². The van der Waals surface area contributed by atoms with Gasteiger partial charge in [0, 0.05) is 6.08 Å². The van der Waals surface area contributed by atoms with Gasteiger partial charge in [0.2, 0.25) is 5.75 Å². The van der Waals surface area contributed by atoms with Crippen LogP contribution in [0.2, 0.25) is 0 Å². The van der Waals surface area contributed by atoms with Gasteiger partial charge in [0.15, 0.2) is 11.5 Å². The monoisotopic (exact) mass is 340 g/mol. The Morgan fingerprint density at radius 1 is 1.00 bits per heavy atom. The normalized spacial score (nSPS) is 11.0. The number of aliphatic hydroxyl groups excluding tert-OH is 1. The van der Waals surface area contributed by atoms with Crippen LogP contribution in [0.5, 0.6) is 17.2 Å². The fourth-order valence-electron chi connectivity index (χ4n) is 2.15. The summed E-state index contributed by atoms with van der Waals surface area (Å²) in [4.78, 5) is 12.1. The first-order valence-electron chi connectivity index (χ1n) is 7.66. The van der Waals surface area contributed by atoms with Crippen molar-refractivity contribution in [2.24, 2.45) is 0 Å². The van der Waals surface area contributed by atoms with Crippen LogP contribution >= 0.6 is 0 Å². The summed E-state index contributed by atoms with van der Waals surface area (Å²) in [5.41, 5.74) is 1.64. The molecule has 0 aliphatic rings. The number of carbonyl (C=O) groups is 1. The van der Waals surface area contributed by atoms with Gasteiger partial charge in [-0.15, -0.1) is 0 Å². The average molecular weight is 340 g/mol. The van der Waals surface area contributed by atoms with Gasteiger partial charge in [0.05, 0.1) is 20.8 Å². The number of ether oxygens (including phenoxy) is 3. The summed E-state index contributed by atoms with van der Waals surface area (Å²) >= 11 is 0. The van der Waals surface area contributed by atoms with Crippen LogP contribution in [0.3, 0.4) is 0 Å². The standard InChI is InChI=1S/C20H20O5/c1-23-17-13-16(9-6-12-21)14-18(24-2)20(17)25-19(22)11-10-15-7-4-3-5-8-15/h3-11,13-14,21H,12H2,1-2H3/b9-6+,11-10+. The molecule has 0 aliphatic heterocycles. The predicted molar refractivity (Wildman–Crippen MR) is 96.8 cm³/mol. The Balaban J connectivity index is 2.23. The fraction of sp³-hybridized carbons (Fsp3) is 0.150. The molecule has 0 bridgehead atoms. The van der Waals surface area contributed by atoms with E-state index < -0.39 is 5.97 Å².